The Morgan fingerprint density at radius 2 is 1.73 bits per heavy atom. The maximum atomic E-state index is 13.3. The van der Waals surface area contributed by atoms with Gasteiger partial charge in [-0.15, -0.1) is 0 Å². The lowest BCUT2D eigenvalue weighted by Gasteiger charge is -2.21. The fourth-order valence-corrected chi connectivity index (χ4v) is 4.71. The lowest BCUT2D eigenvalue weighted by atomic mass is 9.98. The molecule has 0 radical (unpaired) electrons. The van der Waals surface area contributed by atoms with E-state index in [-0.39, 0.29) is 6.10 Å². The van der Waals surface area contributed by atoms with Crippen LogP contribution in [-0.4, -0.2) is 26.6 Å². The van der Waals surface area contributed by atoms with Crippen LogP contribution in [0.1, 0.15) is 74.2 Å². The third kappa shape index (κ3) is 3.94. The van der Waals surface area contributed by atoms with E-state index >= 15 is 0 Å². The number of anilines is 1. The van der Waals surface area contributed by atoms with Gasteiger partial charge >= 0.3 is 5.97 Å². The molecule has 33 heavy (non-hydrogen) atoms. The average Bonchev–Trinajstić information content (AvgIpc) is 3.13. The minimum Gasteiger partial charge on any atom is -0.459 e. The highest BCUT2D eigenvalue weighted by atomic mass is 16.5. The number of esters is 1. The van der Waals surface area contributed by atoms with Gasteiger partial charge in [0, 0.05) is 5.69 Å². The Bertz CT molecular complexity index is 1300. The van der Waals surface area contributed by atoms with Gasteiger partial charge in [-0.2, -0.15) is 0 Å². The molecule has 2 heterocycles. The number of hydrogen-bond acceptors (Lipinski definition) is 5. The summed E-state index contributed by atoms with van der Waals surface area (Å²) >= 11 is 0. The van der Waals surface area contributed by atoms with E-state index in [4.69, 9.17) is 20.4 Å². The van der Waals surface area contributed by atoms with E-state index in [2.05, 4.69) is 26.0 Å². The Morgan fingerprint density at radius 1 is 1.06 bits per heavy atom. The first-order valence-corrected chi connectivity index (χ1v) is 11.9. The second-order valence-electron chi connectivity index (χ2n) is 9.05. The van der Waals surface area contributed by atoms with Crippen molar-refractivity contribution in [3.63, 3.8) is 0 Å². The first-order valence-electron chi connectivity index (χ1n) is 11.9. The SMILES string of the molecule is CCC(C)c1ccc(-n2c(N)c(C(=O)OC3CCCCC3)c3nc4ccccc4nc32)cc1. The van der Waals surface area contributed by atoms with E-state index in [1.165, 1.54) is 12.0 Å². The number of nitrogens with zero attached hydrogens (tertiary/aromatic N) is 3. The van der Waals surface area contributed by atoms with Crippen molar-refractivity contribution in [1.29, 1.82) is 0 Å². The van der Waals surface area contributed by atoms with Gasteiger partial charge in [-0.3, -0.25) is 4.57 Å². The van der Waals surface area contributed by atoms with E-state index in [1.54, 1.807) is 0 Å². The number of rotatable bonds is 5. The van der Waals surface area contributed by atoms with Crippen LogP contribution in [0.3, 0.4) is 0 Å². The van der Waals surface area contributed by atoms with E-state index < -0.39 is 5.97 Å². The van der Waals surface area contributed by atoms with Crippen LogP contribution < -0.4 is 5.73 Å². The number of nitrogen functional groups attached to an aromatic ring is 1. The van der Waals surface area contributed by atoms with Gasteiger partial charge in [0.2, 0.25) is 0 Å². The lowest BCUT2D eigenvalue weighted by molar-refractivity contribution is 0.0214. The quantitative estimate of drug-likeness (QED) is 0.374. The molecule has 6 heteroatoms. The van der Waals surface area contributed by atoms with Crippen molar-refractivity contribution < 1.29 is 9.53 Å². The standard InChI is InChI=1S/C27H30N4O2/c1-3-17(2)18-13-15-19(16-14-18)31-25(28)23(27(32)33-20-9-5-4-6-10-20)24-26(31)30-22-12-8-7-11-21(22)29-24/h7-8,11-17,20H,3-6,9-10,28H2,1-2H3. The molecule has 6 nitrogen and oxygen atoms in total. The third-order valence-corrected chi connectivity index (χ3v) is 6.86. The molecule has 1 aliphatic rings. The largest absolute Gasteiger partial charge is 0.459 e. The average molecular weight is 443 g/mol. The number of ether oxygens (including phenoxy) is 1. The first kappa shape index (κ1) is 21.4. The minimum absolute atomic E-state index is 0.0627. The lowest BCUT2D eigenvalue weighted by Crippen LogP contribution is -2.21. The van der Waals surface area contributed by atoms with E-state index in [0.717, 1.165) is 48.8 Å². The Hall–Kier alpha value is -3.41. The first-order chi connectivity index (χ1) is 16.1. The third-order valence-electron chi connectivity index (χ3n) is 6.86. The maximum Gasteiger partial charge on any atom is 0.344 e. The maximum absolute atomic E-state index is 13.3. The molecular weight excluding hydrogens is 412 g/mol. The van der Waals surface area contributed by atoms with Gasteiger partial charge in [-0.1, -0.05) is 44.5 Å². The molecule has 1 fully saturated rings. The summed E-state index contributed by atoms with van der Waals surface area (Å²) < 4.78 is 7.72. The molecule has 0 bridgehead atoms. The second kappa shape index (κ2) is 8.85. The molecular formula is C27H30N4O2. The molecule has 0 aliphatic heterocycles. The summed E-state index contributed by atoms with van der Waals surface area (Å²) in [6, 6.07) is 15.9. The number of aromatic nitrogens is 3. The number of carbonyl (C=O) groups excluding carboxylic acids is 1. The molecule has 1 aliphatic carbocycles. The normalized spacial score (nSPS) is 15.7. The summed E-state index contributed by atoms with van der Waals surface area (Å²) in [5.41, 5.74) is 11.6. The van der Waals surface area contributed by atoms with Crippen LogP contribution in [0.25, 0.3) is 27.9 Å². The van der Waals surface area contributed by atoms with Gasteiger partial charge in [0.25, 0.3) is 0 Å². The number of fused-ring (bicyclic) bond motifs is 2. The smallest absolute Gasteiger partial charge is 0.344 e. The van der Waals surface area contributed by atoms with Crippen molar-refractivity contribution in [2.24, 2.45) is 0 Å². The van der Waals surface area contributed by atoms with E-state index in [9.17, 15) is 4.79 Å². The predicted molar refractivity (Wildman–Crippen MR) is 132 cm³/mol. The summed E-state index contributed by atoms with van der Waals surface area (Å²) in [6.45, 7) is 4.40. The summed E-state index contributed by atoms with van der Waals surface area (Å²) in [5.74, 6) is 0.379. The van der Waals surface area contributed by atoms with E-state index in [0.29, 0.717) is 28.5 Å². The van der Waals surface area contributed by atoms with E-state index in [1.807, 2.05) is 41.0 Å². The molecule has 0 saturated heterocycles. The van der Waals surface area contributed by atoms with Crippen LogP contribution in [0, 0.1) is 0 Å². The fourth-order valence-electron chi connectivity index (χ4n) is 4.71. The van der Waals surface area contributed by atoms with Crippen molar-refractivity contribution in [3.8, 4) is 5.69 Å². The predicted octanol–water partition coefficient (Wildman–Crippen LogP) is 6.16. The van der Waals surface area contributed by atoms with Gasteiger partial charge in [0.15, 0.2) is 5.65 Å². The number of benzene rings is 2. The zero-order valence-electron chi connectivity index (χ0n) is 19.3. The molecule has 1 atom stereocenters. The summed E-state index contributed by atoms with van der Waals surface area (Å²) in [7, 11) is 0. The molecule has 0 amide bonds. The topological polar surface area (TPSA) is 83.0 Å². The van der Waals surface area contributed by atoms with Crippen LogP contribution in [0.5, 0.6) is 0 Å². The highest BCUT2D eigenvalue weighted by Crippen LogP contribution is 2.33. The van der Waals surface area contributed by atoms with Crippen LogP contribution >= 0.6 is 0 Å². The molecule has 1 saturated carbocycles. The molecule has 170 valence electrons. The molecule has 1 unspecified atom stereocenters. The molecule has 2 N–H and O–H groups in total. The molecule has 2 aromatic heterocycles. The highest BCUT2D eigenvalue weighted by Gasteiger charge is 2.28. The van der Waals surface area contributed by atoms with Crippen LogP contribution in [-0.2, 0) is 4.74 Å². The van der Waals surface area contributed by atoms with Gasteiger partial charge in [0.1, 0.15) is 23.0 Å². The summed E-state index contributed by atoms with van der Waals surface area (Å²) in [5, 5.41) is 0. The number of para-hydroxylation sites is 2. The summed E-state index contributed by atoms with van der Waals surface area (Å²) in [6.07, 6.45) is 6.17. The highest BCUT2D eigenvalue weighted by molar-refractivity contribution is 6.09. The molecule has 4 aromatic rings. The molecule has 2 aromatic carbocycles. The Labute approximate surface area is 193 Å². The Kier molecular flexibility index (Phi) is 5.75. The van der Waals surface area contributed by atoms with Gasteiger partial charge in [-0.25, -0.2) is 14.8 Å². The van der Waals surface area contributed by atoms with Crippen LogP contribution in [0.4, 0.5) is 5.82 Å². The van der Waals surface area contributed by atoms with Gasteiger partial charge in [-0.05, 0) is 67.9 Å². The van der Waals surface area contributed by atoms with Crippen molar-refractivity contribution in [2.75, 3.05) is 5.73 Å². The summed E-state index contributed by atoms with van der Waals surface area (Å²) in [4.78, 5) is 23.0. The minimum atomic E-state index is -0.413. The van der Waals surface area contributed by atoms with Crippen molar-refractivity contribution in [2.45, 2.75) is 64.4 Å². The number of hydrogen-bond donors (Lipinski definition) is 1. The zero-order valence-corrected chi connectivity index (χ0v) is 19.3. The molecule has 5 rings (SSSR count). The fraction of sp³-hybridized carbons (Fsp3) is 0.370. The Balaban J connectivity index is 1.66. The number of nitrogens with two attached hydrogens (primary N) is 1. The molecule has 0 spiro atoms. The van der Waals surface area contributed by atoms with Crippen LogP contribution in [0.2, 0.25) is 0 Å². The zero-order chi connectivity index (χ0) is 22.9. The van der Waals surface area contributed by atoms with Crippen LogP contribution in [0.15, 0.2) is 48.5 Å². The monoisotopic (exact) mass is 442 g/mol. The number of carbonyl (C=O) groups is 1. The van der Waals surface area contributed by atoms with Crippen molar-refractivity contribution in [3.05, 3.63) is 59.7 Å². The Morgan fingerprint density at radius 3 is 2.39 bits per heavy atom. The van der Waals surface area contributed by atoms with Gasteiger partial charge < -0.3 is 10.5 Å². The van der Waals surface area contributed by atoms with Crippen molar-refractivity contribution in [1.82, 2.24) is 14.5 Å². The van der Waals surface area contributed by atoms with Gasteiger partial charge in [0.05, 0.1) is 11.0 Å². The second-order valence-corrected chi connectivity index (χ2v) is 9.05. The van der Waals surface area contributed by atoms with Crippen molar-refractivity contribution >= 4 is 34.0 Å².